The van der Waals surface area contributed by atoms with E-state index < -0.39 is 0 Å². The first-order valence-corrected chi connectivity index (χ1v) is 6.38. The van der Waals surface area contributed by atoms with Crippen molar-refractivity contribution in [3.05, 3.63) is 29.8 Å². The van der Waals surface area contributed by atoms with Crippen molar-refractivity contribution in [2.45, 2.75) is 26.0 Å². The van der Waals surface area contributed by atoms with Crippen LogP contribution in [0, 0.1) is 5.92 Å². The Labute approximate surface area is 103 Å². The zero-order chi connectivity index (χ0) is 12.3. The summed E-state index contributed by atoms with van der Waals surface area (Å²) in [6.07, 6.45) is 0.891. The normalized spacial score (nSPS) is 21.8. The van der Waals surface area contributed by atoms with E-state index in [0.717, 1.165) is 26.1 Å². The molecule has 0 aliphatic carbocycles. The van der Waals surface area contributed by atoms with Crippen molar-refractivity contribution in [3.63, 3.8) is 0 Å². The SMILES string of the molecule is CNCc1ccccc1N1CCC(C(C)O)C1. The van der Waals surface area contributed by atoms with E-state index in [9.17, 15) is 5.11 Å². The van der Waals surface area contributed by atoms with Gasteiger partial charge < -0.3 is 15.3 Å². The molecule has 2 rings (SSSR count). The second-order valence-corrected chi connectivity index (χ2v) is 4.89. The fourth-order valence-corrected chi connectivity index (χ4v) is 2.56. The molecular formula is C14H22N2O. The number of benzene rings is 1. The van der Waals surface area contributed by atoms with Crippen LogP contribution < -0.4 is 10.2 Å². The monoisotopic (exact) mass is 234 g/mol. The van der Waals surface area contributed by atoms with E-state index >= 15 is 0 Å². The van der Waals surface area contributed by atoms with Gasteiger partial charge >= 0.3 is 0 Å². The standard InChI is InChI=1S/C14H22N2O/c1-11(17)13-7-8-16(10-13)14-6-4-3-5-12(14)9-15-2/h3-6,11,13,15,17H,7-10H2,1-2H3. The van der Waals surface area contributed by atoms with Crippen LogP contribution in [0.25, 0.3) is 0 Å². The summed E-state index contributed by atoms with van der Waals surface area (Å²) in [5.74, 6) is 0.414. The van der Waals surface area contributed by atoms with E-state index in [-0.39, 0.29) is 6.10 Å². The number of nitrogens with one attached hydrogen (secondary N) is 1. The molecule has 17 heavy (non-hydrogen) atoms. The van der Waals surface area contributed by atoms with Gasteiger partial charge in [-0.05, 0) is 32.0 Å². The molecular weight excluding hydrogens is 212 g/mol. The Kier molecular flexibility index (Phi) is 4.02. The van der Waals surface area contributed by atoms with Crippen molar-refractivity contribution in [1.29, 1.82) is 0 Å². The van der Waals surface area contributed by atoms with E-state index in [4.69, 9.17) is 0 Å². The molecule has 1 aliphatic rings. The van der Waals surface area contributed by atoms with Crippen LogP contribution in [-0.4, -0.2) is 31.3 Å². The van der Waals surface area contributed by atoms with Crippen LogP contribution in [0.4, 0.5) is 5.69 Å². The van der Waals surface area contributed by atoms with Crippen LogP contribution >= 0.6 is 0 Å². The molecule has 1 aliphatic heterocycles. The number of nitrogens with zero attached hydrogens (tertiary/aromatic N) is 1. The fourth-order valence-electron chi connectivity index (χ4n) is 2.56. The molecule has 0 saturated carbocycles. The molecule has 0 bridgehead atoms. The Morgan fingerprint density at radius 3 is 2.88 bits per heavy atom. The van der Waals surface area contributed by atoms with Crippen molar-refractivity contribution in [3.8, 4) is 0 Å². The highest BCUT2D eigenvalue weighted by Gasteiger charge is 2.26. The largest absolute Gasteiger partial charge is 0.393 e. The van der Waals surface area contributed by atoms with Gasteiger partial charge in [0.2, 0.25) is 0 Å². The van der Waals surface area contributed by atoms with Crippen LogP contribution in [-0.2, 0) is 6.54 Å². The molecule has 1 saturated heterocycles. The van der Waals surface area contributed by atoms with E-state index in [0.29, 0.717) is 5.92 Å². The summed E-state index contributed by atoms with van der Waals surface area (Å²) in [7, 11) is 1.97. The molecule has 3 nitrogen and oxygen atoms in total. The molecule has 2 unspecified atom stereocenters. The van der Waals surface area contributed by atoms with Crippen molar-refractivity contribution in [1.82, 2.24) is 5.32 Å². The second kappa shape index (κ2) is 5.52. The Morgan fingerprint density at radius 1 is 1.47 bits per heavy atom. The summed E-state index contributed by atoms with van der Waals surface area (Å²) < 4.78 is 0. The summed E-state index contributed by atoms with van der Waals surface area (Å²) in [6.45, 7) is 4.81. The third kappa shape index (κ3) is 2.79. The van der Waals surface area contributed by atoms with Gasteiger partial charge in [0.25, 0.3) is 0 Å². The molecule has 2 N–H and O–H groups in total. The van der Waals surface area contributed by atoms with Crippen LogP contribution in [0.1, 0.15) is 18.9 Å². The predicted octanol–water partition coefficient (Wildman–Crippen LogP) is 1.61. The fraction of sp³-hybridized carbons (Fsp3) is 0.571. The van der Waals surface area contributed by atoms with Crippen molar-refractivity contribution in [2.75, 3.05) is 25.0 Å². The average molecular weight is 234 g/mol. The van der Waals surface area contributed by atoms with Gasteiger partial charge in [0.1, 0.15) is 0 Å². The van der Waals surface area contributed by atoms with E-state index in [1.807, 2.05) is 14.0 Å². The second-order valence-electron chi connectivity index (χ2n) is 4.89. The minimum Gasteiger partial charge on any atom is -0.393 e. The zero-order valence-electron chi connectivity index (χ0n) is 10.7. The maximum Gasteiger partial charge on any atom is 0.0557 e. The van der Waals surface area contributed by atoms with Gasteiger partial charge in [0, 0.05) is 31.2 Å². The lowest BCUT2D eigenvalue weighted by Crippen LogP contribution is -2.25. The quantitative estimate of drug-likeness (QED) is 0.831. The Balaban J connectivity index is 2.12. The van der Waals surface area contributed by atoms with Crippen molar-refractivity contribution < 1.29 is 5.11 Å². The number of hydrogen-bond acceptors (Lipinski definition) is 3. The Hall–Kier alpha value is -1.06. The Morgan fingerprint density at radius 2 is 2.24 bits per heavy atom. The minimum absolute atomic E-state index is 0.198. The lowest BCUT2D eigenvalue weighted by atomic mass is 10.0. The summed E-state index contributed by atoms with van der Waals surface area (Å²) in [4.78, 5) is 2.39. The van der Waals surface area contributed by atoms with Gasteiger partial charge in [-0.15, -0.1) is 0 Å². The highest BCUT2D eigenvalue weighted by atomic mass is 16.3. The van der Waals surface area contributed by atoms with Gasteiger partial charge in [-0.3, -0.25) is 0 Å². The predicted molar refractivity (Wildman–Crippen MR) is 71.2 cm³/mol. The maximum atomic E-state index is 9.65. The van der Waals surface area contributed by atoms with Crippen molar-refractivity contribution >= 4 is 5.69 Å². The van der Waals surface area contributed by atoms with E-state index in [1.54, 1.807) is 0 Å². The molecule has 0 spiro atoms. The first-order chi connectivity index (χ1) is 8.22. The molecule has 94 valence electrons. The topological polar surface area (TPSA) is 35.5 Å². The van der Waals surface area contributed by atoms with Gasteiger partial charge in [-0.1, -0.05) is 18.2 Å². The van der Waals surface area contributed by atoms with Crippen LogP contribution in [0.15, 0.2) is 24.3 Å². The summed E-state index contributed by atoms with van der Waals surface area (Å²) in [6, 6.07) is 8.52. The number of aliphatic hydroxyl groups is 1. The first kappa shape index (κ1) is 12.4. The van der Waals surface area contributed by atoms with Crippen LogP contribution in [0.5, 0.6) is 0 Å². The van der Waals surface area contributed by atoms with Gasteiger partial charge in [0.05, 0.1) is 6.10 Å². The molecule has 1 fully saturated rings. The summed E-state index contributed by atoms with van der Waals surface area (Å²) in [5.41, 5.74) is 2.64. The first-order valence-electron chi connectivity index (χ1n) is 6.38. The van der Waals surface area contributed by atoms with E-state index in [2.05, 4.69) is 34.5 Å². The number of rotatable bonds is 4. The number of hydrogen-bond donors (Lipinski definition) is 2. The maximum absolute atomic E-state index is 9.65. The molecule has 0 aromatic heterocycles. The lowest BCUT2D eigenvalue weighted by Gasteiger charge is -2.22. The smallest absolute Gasteiger partial charge is 0.0557 e. The van der Waals surface area contributed by atoms with Gasteiger partial charge in [0.15, 0.2) is 0 Å². The molecule has 1 aromatic rings. The van der Waals surface area contributed by atoms with Crippen LogP contribution in [0.2, 0.25) is 0 Å². The third-order valence-corrected chi connectivity index (χ3v) is 3.61. The van der Waals surface area contributed by atoms with Gasteiger partial charge in [-0.2, -0.15) is 0 Å². The lowest BCUT2D eigenvalue weighted by molar-refractivity contribution is 0.136. The molecule has 3 heteroatoms. The molecule has 0 radical (unpaired) electrons. The highest BCUT2D eigenvalue weighted by molar-refractivity contribution is 5.54. The van der Waals surface area contributed by atoms with Gasteiger partial charge in [-0.25, -0.2) is 0 Å². The third-order valence-electron chi connectivity index (χ3n) is 3.61. The number of para-hydroxylation sites is 1. The minimum atomic E-state index is -0.198. The summed E-state index contributed by atoms with van der Waals surface area (Å²) >= 11 is 0. The molecule has 0 amide bonds. The van der Waals surface area contributed by atoms with E-state index in [1.165, 1.54) is 11.3 Å². The van der Waals surface area contributed by atoms with Crippen LogP contribution in [0.3, 0.4) is 0 Å². The molecule has 1 aromatic carbocycles. The summed E-state index contributed by atoms with van der Waals surface area (Å²) in [5, 5.41) is 12.9. The Bertz CT molecular complexity index is 365. The number of aliphatic hydroxyl groups excluding tert-OH is 1. The molecule has 1 heterocycles. The number of anilines is 1. The molecule has 2 atom stereocenters. The zero-order valence-corrected chi connectivity index (χ0v) is 10.7. The average Bonchev–Trinajstić information content (AvgIpc) is 2.79. The van der Waals surface area contributed by atoms with Crippen molar-refractivity contribution in [2.24, 2.45) is 5.92 Å². The highest BCUT2D eigenvalue weighted by Crippen LogP contribution is 2.28.